The average molecular weight is 746 g/mol. The van der Waals surface area contributed by atoms with Gasteiger partial charge in [-0.1, -0.05) is 18.2 Å². The van der Waals surface area contributed by atoms with Crippen LogP contribution in [0.15, 0.2) is 60.9 Å². The van der Waals surface area contributed by atoms with Gasteiger partial charge in [-0.3, -0.25) is 19.7 Å². The Kier molecular flexibility index (Phi) is 10.9. The van der Waals surface area contributed by atoms with Gasteiger partial charge in [0.15, 0.2) is 0 Å². The van der Waals surface area contributed by atoms with Crippen molar-refractivity contribution >= 4 is 34.9 Å². The van der Waals surface area contributed by atoms with E-state index < -0.39 is 23.8 Å². The second kappa shape index (κ2) is 15.8. The summed E-state index contributed by atoms with van der Waals surface area (Å²) in [7, 11) is 0. The minimum absolute atomic E-state index is 0.170. The molecule has 3 amide bonds. The molecule has 1 atom stereocenters. The van der Waals surface area contributed by atoms with Gasteiger partial charge in [-0.05, 0) is 114 Å². The van der Waals surface area contributed by atoms with E-state index in [0.717, 1.165) is 75.6 Å². The molecule has 7 rings (SSSR count). The molecule has 0 radical (unpaired) electrons. The molecule has 3 N–H and O–H groups in total. The van der Waals surface area contributed by atoms with Crippen LogP contribution in [0.25, 0.3) is 5.65 Å². The Morgan fingerprint density at radius 3 is 2.43 bits per heavy atom. The number of nitrogens with one attached hydrogen (secondary N) is 3. The summed E-state index contributed by atoms with van der Waals surface area (Å²) in [6.45, 7) is 6.84. The standard InChI is InChI=1S/C40H46F3N7O4/c1-24(2)54-33-20-36-45-32(23-50(36)22-30(33)38(52)47-35-8-4-7-34(46-35)40(41,42)43)27-11-9-25(10-12-27)21-49-17-15-26(16-18-49)28-5-3-6-29(19-28)44-31-13-14-37(51)48-39(31)53/h3-8,19-20,22-27,31,44H,9-18,21H2,1-2H3,(H,46,47,52)(H,48,51,53)/t25-,27-,31?. The van der Waals surface area contributed by atoms with Crippen molar-refractivity contribution in [2.24, 2.45) is 5.92 Å². The highest BCUT2D eigenvalue weighted by Gasteiger charge is 2.33. The number of nitrogens with zero attached hydrogens (tertiary/aromatic N) is 4. The number of rotatable bonds is 10. The largest absolute Gasteiger partial charge is 0.490 e. The molecule has 2 aliphatic heterocycles. The van der Waals surface area contributed by atoms with Crippen LogP contribution >= 0.6 is 0 Å². The lowest BCUT2D eigenvalue weighted by atomic mass is 9.80. The Labute approximate surface area is 312 Å². The van der Waals surface area contributed by atoms with Gasteiger partial charge in [0.2, 0.25) is 11.8 Å². The van der Waals surface area contributed by atoms with Crippen LogP contribution in [-0.4, -0.2) is 68.8 Å². The van der Waals surface area contributed by atoms with Crippen molar-refractivity contribution in [3.63, 3.8) is 0 Å². The molecule has 54 heavy (non-hydrogen) atoms. The molecular weight excluding hydrogens is 699 g/mol. The number of imide groups is 1. The number of anilines is 2. The first-order chi connectivity index (χ1) is 25.9. The van der Waals surface area contributed by atoms with Crippen molar-refractivity contribution in [1.29, 1.82) is 0 Å². The van der Waals surface area contributed by atoms with Crippen LogP contribution in [0.3, 0.4) is 0 Å². The topological polar surface area (TPSA) is 130 Å². The number of carbonyl (C=O) groups is 3. The van der Waals surface area contributed by atoms with E-state index in [9.17, 15) is 27.6 Å². The van der Waals surface area contributed by atoms with Crippen LogP contribution in [0.1, 0.15) is 104 Å². The van der Waals surface area contributed by atoms with E-state index in [2.05, 4.69) is 38.0 Å². The second-order valence-electron chi connectivity index (χ2n) is 15.1. The van der Waals surface area contributed by atoms with Crippen LogP contribution in [0, 0.1) is 5.92 Å². The lowest BCUT2D eigenvalue weighted by Crippen LogP contribution is -2.47. The summed E-state index contributed by atoms with van der Waals surface area (Å²) >= 11 is 0. The number of fused-ring (bicyclic) bond motifs is 1. The molecule has 0 spiro atoms. The lowest BCUT2D eigenvalue weighted by Gasteiger charge is -2.36. The smallest absolute Gasteiger partial charge is 0.433 e. The van der Waals surface area contributed by atoms with Gasteiger partial charge in [0.05, 0.1) is 17.4 Å². The molecule has 2 saturated heterocycles. The molecule has 1 aliphatic carbocycles. The Morgan fingerprint density at radius 2 is 1.70 bits per heavy atom. The van der Waals surface area contributed by atoms with E-state index in [1.165, 1.54) is 17.7 Å². The fraction of sp³-hybridized carbons (Fsp3) is 0.475. The maximum atomic E-state index is 13.3. The van der Waals surface area contributed by atoms with Gasteiger partial charge < -0.3 is 24.7 Å². The highest BCUT2D eigenvalue weighted by molar-refractivity contribution is 6.06. The summed E-state index contributed by atoms with van der Waals surface area (Å²) < 4.78 is 47.4. The molecule has 14 heteroatoms. The first kappa shape index (κ1) is 37.3. The molecule has 286 valence electrons. The Morgan fingerprint density at radius 1 is 0.944 bits per heavy atom. The van der Waals surface area contributed by atoms with Gasteiger partial charge in [0.25, 0.3) is 5.91 Å². The van der Waals surface area contributed by atoms with Crippen LogP contribution in [0.4, 0.5) is 24.7 Å². The third kappa shape index (κ3) is 8.86. The molecule has 3 aromatic heterocycles. The monoisotopic (exact) mass is 745 g/mol. The van der Waals surface area contributed by atoms with Crippen molar-refractivity contribution in [2.45, 2.75) is 95.4 Å². The Balaban J connectivity index is 0.929. The molecule has 4 aromatic rings. The summed E-state index contributed by atoms with van der Waals surface area (Å²) in [5.74, 6) is 0.341. The molecule has 11 nitrogen and oxygen atoms in total. The first-order valence-electron chi connectivity index (χ1n) is 18.9. The fourth-order valence-electron chi connectivity index (χ4n) is 7.97. The summed E-state index contributed by atoms with van der Waals surface area (Å²) in [6.07, 6.45) is 5.92. The van der Waals surface area contributed by atoms with Crippen molar-refractivity contribution in [3.8, 4) is 5.75 Å². The van der Waals surface area contributed by atoms with Crippen molar-refractivity contribution < 1.29 is 32.3 Å². The van der Waals surface area contributed by atoms with Gasteiger partial charge >= 0.3 is 6.18 Å². The first-order valence-corrected chi connectivity index (χ1v) is 18.9. The zero-order chi connectivity index (χ0) is 38.0. The third-order valence-electron chi connectivity index (χ3n) is 10.8. The summed E-state index contributed by atoms with van der Waals surface area (Å²) in [5, 5.41) is 8.22. The molecule has 1 unspecified atom stereocenters. The predicted molar refractivity (Wildman–Crippen MR) is 197 cm³/mol. The molecule has 3 aliphatic rings. The van der Waals surface area contributed by atoms with Gasteiger partial charge in [-0.15, -0.1) is 0 Å². The number of ether oxygens (including phenoxy) is 1. The van der Waals surface area contributed by atoms with Gasteiger partial charge in [0, 0.05) is 43.0 Å². The van der Waals surface area contributed by atoms with Crippen LogP contribution in [0.2, 0.25) is 0 Å². The van der Waals surface area contributed by atoms with Crippen molar-refractivity contribution in [2.75, 3.05) is 30.3 Å². The van der Waals surface area contributed by atoms with E-state index in [-0.39, 0.29) is 35.2 Å². The number of amides is 3. The number of aromatic nitrogens is 3. The van der Waals surface area contributed by atoms with E-state index in [4.69, 9.17) is 9.72 Å². The highest BCUT2D eigenvalue weighted by Crippen LogP contribution is 2.38. The molecule has 0 bridgehead atoms. The van der Waals surface area contributed by atoms with E-state index in [1.54, 1.807) is 16.7 Å². The number of piperidine rings is 2. The number of likely N-dealkylation sites (tertiary alicyclic amines) is 1. The average Bonchev–Trinajstić information content (AvgIpc) is 3.56. The number of imidazole rings is 1. The number of alkyl halides is 3. The minimum Gasteiger partial charge on any atom is -0.490 e. The number of hydrogen-bond acceptors (Lipinski definition) is 8. The fourth-order valence-corrected chi connectivity index (χ4v) is 7.97. The van der Waals surface area contributed by atoms with E-state index in [1.807, 2.05) is 32.2 Å². The van der Waals surface area contributed by atoms with Gasteiger partial charge in [-0.2, -0.15) is 13.2 Å². The third-order valence-corrected chi connectivity index (χ3v) is 10.8. The Bertz CT molecular complexity index is 2000. The summed E-state index contributed by atoms with van der Waals surface area (Å²) in [5.41, 5.74) is 2.86. The van der Waals surface area contributed by atoms with E-state index in [0.29, 0.717) is 36.1 Å². The van der Waals surface area contributed by atoms with Crippen LogP contribution in [0.5, 0.6) is 5.75 Å². The quantitative estimate of drug-likeness (QED) is 0.146. The van der Waals surface area contributed by atoms with Gasteiger partial charge in [-0.25, -0.2) is 9.97 Å². The highest BCUT2D eigenvalue weighted by atomic mass is 19.4. The lowest BCUT2D eigenvalue weighted by molar-refractivity contribution is -0.141. The summed E-state index contributed by atoms with van der Waals surface area (Å²) in [4.78, 5) is 48.2. The second-order valence-corrected chi connectivity index (χ2v) is 15.1. The van der Waals surface area contributed by atoms with E-state index >= 15 is 0 Å². The van der Waals surface area contributed by atoms with Crippen molar-refractivity contribution in [1.82, 2.24) is 24.6 Å². The number of hydrogen-bond donors (Lipinski definition) is 3. The zero-order valence-electron chi connectivity index (χ0n) is 30.5. The zero-order valence-corrected chi connectivity index (χ0v) is 30.5. The predicted octanol–water partition coefficient (Wildman–Crippen LogP) is 7.16. The molecule has 5 heterocycles. The number of carbonyl (C=O) groups excluding carboxylic acids is 3. The SMILES string of the molecule is CC(C)Oc1cc2nc([C@H]3CC[C@H](CN4CCC(c5cccc(NC6CCC(=O)NC6=O)c5)CC4)CC3)cn2cc1C(=O)Nc1cccc(C(F)(F)F)n1. The molecular formula is C40H46F3N7O4. The normalized spacial score (nSPS) is 21.6. The van der Waals surface area contributed by atoms with Crippen molar-refractivity contribution in [3.05, 3.63) is 83.4 Å². The maximum absolute atomic E-state index is 13.3. The summed E-state index contributed by atoms with van der Waals surface area (Å²) in [6, 6.07) is 13.0. The molecule has 1 saturated carbocycles. The van der Waals surface area contributed by atoms with Gasteiger partial charge in [0.1, 0.15) is 29.0 Å². The Hall–Kier alpha value is -4.98. The van der Waals surface area contributed by atoms with Crippen LogP contribution in [-0.2, 0) is 15.8 Å². The minimum atomic E-state index is -4.63. The van der Waals surface area contributed by atoms with Crippen LogP contribution < -0.4 is 20.7 Å². The number of pyridine rings is 2. The molecule has 3 fully saturated rings. The number of halogens is 3. The number of benzene rings is 1. The maximum Gasteiger partial charge on any atom is 0.433 e. The molecule has 1 aromatic carbocycles.